The van der Waals surface area contributed by atoms with Crippen molar-refractivity contribution in [2.45, 2.75) is 6.92 Å². The largest absolute Gasteiger partial charge is 0.462 e. The molecule has 17 heavy (non-hydrogen) atoms. The van der Waals surface area contributed by atoms with Gasteiger partial charge in [-0.1, -0.05) is 0 Å². The van der Waals surface area contributed by atoms with E-state index in [0.29, 0.717) is 0 Å². The number of aromatic nitrogens is 1. The minimum Gasteiger partial charge on any atom is -0.462 e. The Morgan fingerprint density at radius 2 is 2.24 bits per heavy atom. The lowest BCUT2D eigenvalue weighted by molar-refractivity contribution is 0.0526. The Morgan fingerprint density at radius 3 is 2.82 bits per heavy atom. The lowest BCUT2D eigenvalue weighted by Gasteiger charge is -2.06. The average Bonchev–Trinajstić information content (AvgIpc) is 2.29. The van der Waals surface area contributed by atoms with Gasteiger partial charge in [-0.3, -0.25) is 4.72 Å². The zero-order valence-electron chi connectivity index (χ0n) is 9.43. The van der Waals surface area contributed by atoms with Crippen LogP contribution in [0, 0.1) is 0 Å². The standard InChI is InChI=1S/C9H13N3O4S/c1-3-16-9(13)7-4-5-11-8(6-7)12-17(14,15)10-2/h4-6,10H,3H2,1-2H3,(H,11,12). The molecular formula is C9H13N3O4S. The maximum absolute atomic E-state index is 11.4. The van der Waals surface area contributed by atoms with Crippen LogP contribution in [-0.2, 0) is 14.9 Å². The third kappa shape index (κ3) is 4.00. The van der Waals surface area contributed by atoms with Crippen molar-refractivity contribution in [2.75, 3.05) is 18.4 Å². The third-order valence-electron chi connectivity index (χ3n) is 1.78. The van der Waals surface area contributed by atoms with Gasteiger partial charge in [0.15, 0.2) is 0 Å². The van der Waals surface area contributed by atoms with Crippen LogP contribution in [0.3, 0.4) is 0 Å². The summed E-state index contributed by atoms with van der Waals surface area (Å²) in [6, 6.07) is 2.74. The fourth-order valence-electron chi connectivity index (χ4n) is 1.02. The summed E-state index contributed by atoms with van der Waals surface area (Å²) >= 11 is 0. The zero-order chi connectivity index (χ0) is 12.9. The maximum Gasteiger partial charge on any atom is 0.338 e. The van der Waals surface area contributed by atoms with Gasteiger partial charge in [-0.15, -0.1) is 0 Å². The Kier molecular flexibility index (Phi) is 4.41. The minimum atomic E-state index is -3.64. The molecule has 0 aliphatic heterocycles. The molecule has 1 aromatic heterocycles. The molecule has 0 radical (unpaired) electrons. The van der Waals surface area contributed by atoms with E-state index in [9.17, 15) is 13.2 Å². The van der Waals surface area contributed by atoms with Crippen molar-refractivity contribution < 1.29 is 17.9 Å². The summed E-state index contributed by atoms with van der Waals surface area (Å²) in [5, 5.41) is 0. The van der Waals surface area contributed by atoms with E-state index in [2.05, 4.69) is 14.4 Å². The highest BCUT2D eigenvalue weighted by atomic mass is 32.2. The molecule has 0 aliphatic rings. The van der Waals surface area contributed by atoms with Crippen LogP contribution in [0.1, 0.15) is 17.3 Å². The van der Waals surface area contributed by atoms with Gasteiger partial charge in [0.05, 0.1) is 12.2 Å². The molecule has 2 N–H and O–H groups in total. The summed E-state index contributed by atoms with van der Waals surface area (Å²) in [4.78, 5) is 15.2. The van der Waals surface area contributed by atoms with Crippen LogP contribution in [0.4, 0.5) is 5.82 Å². The number of carbonyl (C=O) groups is 1. The van der Waals surface area contributed by atoms with Crippen LogP contribution in [0.15, 0.2) is 18.3 Å². The van der Waals surface area contributed by atoms with Crippen molar-refractivity contribution in [3.8, 4) is 0 Å². The molecule has 94 valence electrons. The lowest BCUT2D eigenvalue weighted by Crippen LogP contribution is -2.26. The fraction of sp³-hybridized carbons (Fsp3) is 0.333. The topological polar surface area (TPSA) is 97.4 Å². The molecule has 7 nitrogen and oxygen atoms in total. The number of nitrogens with zero attached hydrogens (tertiary/aromatic N) is 1. The quantitative estimate of drug-likeness (QED) is 0.733. The molecule has 0 aliphatic carbocycles. The average molecular weight is 259 g/mol. The van der Waals surface area contributed by atoms with Crippen LogP contribution in [-0.4, -0.2) is 33.0 Å². The highest BCUT2D eigenvalue weighted by Crippen LogP contribution is 2.09. The fourth-order valence-corrected chi connectivity index (χ4v) is 1.51. The predicted octanol–water partition coefficient (Wildman–Crippen LogP) is 0.134. The second-order valence-electron chi connectivity index (χ2n) is 2.96. The Morgan fingerprint density at radius 1 is 1.53 bits per heavy atom. The zero-order valence-corrected chi connectivity index (χ0v) is 10.2. The Bertz CT molecular complexity index is 501. The number of hydrogen-bond acceptors (Lipinski definition) is 5. The molecule has 0 saturated carbocycles. The third-order valence-corrected chi connectivity index (χ3v) is 2.79. The first kappa shape index (κ1) is 13.4. The second kappa shape index (κ2) is 5.60. The van der Waals surface area contributed by atoms with Gasteiger partial charge in [-0.25, -0.2) is 14.5 Å². The van der Waals surface area contributed by atoms with Crippen molar-refractivity contribution in [3.05, 3.63) is 23.9 Å². The molecule has 1 aromatic rings. The summed E-state index contributed by atoms with van der Waals surface area (Å²) in [5.74, 6) is -0.482. The molecular weight excluding hydrogens is 246 g/mol. The number of rotatable bonds is 5. The molecule has 0 aromatic carbocycles. The summed E-state index contributed by atoms with van der Waals surface area (Å²) < 4.78 is 31.4. The summed E-state index contributed by atoms with van der Waals surface area (Å²) in [6.07, 6.45) is 1.32. The number of nitrogens with one attached hydrogen (secondary N) is 2. The SMILES string of the molecule is CCOC(=O)c1ccnc(NS(=O)(=O)NC)c1. The van der Waals surface area contributed by atoms with E-state index >= 15 is 0 Å². The molecule has 0 unspecified atom stereocenters. The minimum absolute atomic E-state index is 0.0462. The van der Waals surface area contributed by atoms with Gasteiger partial charge in [0.1, 0.15) is 5.82 Å². The van der Waals surface area contributed by atoms with Gasteiger partial charge in [-0.05, 0) is 19.1 Å². The van der Waals surface area contributed by atoms with E-state index in [1.807, 2.05) is 0 Å². The lowest BCUT2D eigenvalue weighted by atomic mass is 10.3. The van der Waals surface area contributed by atoms with E-state index in [0.717, 1.165) is 0 Å². The van der Waals surface area contributed by atoms with Crippen molar-refractivity contribution in [1.82, 2.24) is 9.71 Å². The highest BCUT2D eigenvalue weighted by molar-refractivity contribution is 7.90. The van der Waals surface area contributed by atoms with Crippen molar-refractivity contribution in [1.29, 1.82) is 0 Å². The van der Waals surface area contributed by atoms with Gasteiger partial charge in [0.2, 0.25) is 0 Å². The van der Waals surface area contributed by atoms with Gasteiger partial charge in [0.25, 0.3) is 10.2 Å². The van der Waals surface area contributed by atoms with Gasteiger partial charge in [0, 0.05) is 13.2 Å². The van der Waals surface area contributed by atoms with Crippen LogP contribution < -0.4 is 9.44 Å². The number of esters is 1. The number of hydrogen-bond donors (Lipinski definition) is 2. The highest BCUT2D eigenvalue weighted by Gasteiger charge is 2.11. The summed E-state index contributed by atoms with van der Waals surface area (Å²) in [6.45, 7) is 1.93. The van der Waals surface area contributed by atoms with Gasteiger partial charge < -0.3 is 4.74 Å². The normalized spacial score (nSPS) is 10.9. The molecule has 0 amide bonds. The van der Waals surface area contributed by atoms with Crippen molar-refractivity contribution >= 4 is 22.0 Å². The first-order chi connectivity index (χ1) is 7.98. The van der Waals surface area contributed by atoms with Gasteiger partial charge >= 0.3 is 5.97 Å². The molecule has 0 spiro atoms. The van der Waals surface area contributed by atoms with Crippen molar-refractivity contribution in [3.63, 3.8) is 0 Å². The summed E-state index contributed by atoms with van der Waals surface area (Å²) in [7, 11) is -2.38. The Labute approximate surface area is 99.4 Å². The molecule has 0 fully saturated rings. The first-order valence-corrected chi connectivity index (χ1v) is 6.31. The smallest absolute Gasteiger partial charge is 0.338 e. The van der Waals surface area contributed by atoms with E-state index in [1.54, 1.807) is 6.92 Å². The first-order valence-electron chi connectivity index (χ1n) is 4.83. The van der Waals surface area contributed by atoms with Crippen LogP contribution >= 0.6 is 0 Å². The molecule has 1 heterocycles. The van der Waals surface area contributed by atoms with Crippen molar-refractivity contribution in [2.24, 2.45) is 0 Å². The van der Waals surface area contributed by atoms with E-state index in [1.165, 1.54) is 25.4 Å². The molecule has 0 saturated heterocycles. The maximum atomic E-state index is 11.4. The number of carbonyl (C=O) groups excluding carboxylic acids is 1. The molecule has 1 rings (SSSR count). The van der Waals surface area contributed by atoms with E-state index in [4.69, 9.17) is 4.74 Å². The number of anilines is 1. The van der Waals surface area contributed by atoms with E-state index in [-0.39, 0.29) is 18.0 Å². The van der Waals surface area contributed by atoms with Crippen LogP contribution in [0.25, 0.3) is 0 Å². The van der Waals surface area contributed by atoms with Crippen LogP contribution in [0.5, 0.6) is 0 Å². The summed E-state index contributed by atoms with van der Waals surface area (Å²) in [5.41, 5.74) is 0.232. The second-order valence-corrected chi connectivity index (χ2v) is 4.58. The van der Waals surface area contributed by atoms with E-state index < -0.39 is 16.2 Å². The Hall–Kier alpha value is -1.67. The molecule has 0 atom stereocenters. The molecule has 0 bridgehead atoms. The van der Waals surface area contributed by atoms with Crippen LogP contribution in [0.2, 0.25) is 0 Å². The van der Waals surface area contributed by atoms with Gasteiger partial charge in [-0.2, -0.15) is 8.42 Å². The predicted molar refractivity (Wildman–Crippen MR) is 61.8 cm³/mol. The number of pyridine rings is 1. The Balaban J connectivity index is 2.90. The molecule has 8 heteroatoms. The monoisotopic (exact) mass is 259 g/mol. The number of ether oxygens (including phenoxy) is 1.